The molecule has 1 aliphatic carbocycles. The Morgan fingerprint density at radius 2 is 2.22 bits per heavy atom. The van der Waals surface area contributed by atoms with Crippen LogP contribution in [0, 0.1) is 11.8 Å². The summed E-state index contributed by atoms with van der Waals surface area (Å²) in [6, 6.07) is 3.69. The fourth-order valence-electron chi connectivity index (χ4n) is 2.82. The number of nitrogens with zero attached hydrogens (tertiary/aromatic N) is 2. The topological polar surface area (TPSA) is 79.5 Å². The number of hydrogen-bond donors (Lipinski definition) is 2. The van der Waals surface area contributed by atoms with Crippen LogP contribution >= 0.6 is 0 Å². The average Bonchev–Trinajstić information content (AvgIpc) is 3.13. The average molecular weight is 247 g/mol. The Morgan fingerprint density at radius 1 is 1.44 bits per heavy atom. The van der Waals surface area contributed by atoms with Gasteiger partial charge in [0.05, 0.1) is 0 Å². The fraction of sp³-hybridized carbons (Fsp3) is 0.538. The first-order chi connectivity index (χ1) is 8.65. The summed E-state index contributed by atoms with van der Waals surface area (Å²) in [4.78, 5) is 16.9. The number of carboxylic acid groups (broad SMARTS) is 1. The van der Waals surface area contributed by atoms with E-state index in [1.807, 2.05) is 6.07 Å². The van der Waals surface area contributed by atoms with E-state index in [0.717, 1.165) is 24.7 Å². The molecule has 1 aromatic heterocycles. The fourth-order valence-corrected chi connectivity index (χ4v) is 2.82. The van der Waals surface area contributed by atoms with Crippen molar-refractivity contribution in [2.45, 2.75) is 18.9 Å². The molecular formula is C13H17N3O2. The Morgan fingerprint density at radius 3 is 2.89 bits per heavy atom. The van der Waals surface area contributed by atoms with E-state index in [2.05, 4.69) is 9.88 Å². The summed E-state index contributed by atoms with van der Waals surface area (Å²) in [5.41, 5.74) is 7.18. The van der Waals surface area contributed by atoms with Gasteiger partial charge in [-0.25, -0.2) is 9.78 Å². The van der Waals surface area contributed by atoms with Gasteiger partial charge in [0.1, 0.15) is 5.69 Å². The zero-order valence-electron chi connectivity index (χ0n) is 10.1. The van der Waals surface area contributed by atoms with E-state index >= 15 is 0 Å². The van der Waals surface area contributed by atoms with Gasteiger partial charge in [-0.05, 0) is 36.8 Å². The lowest BCUT2D eigenvalue weighted by Crippen LogP contribution is -2.30. The summed E-state index contributed by atoms with van der Waals surface area (Å²) in [5.74, 6) is 0.358. The number of hydrogen-bond acceptors (Lipinski definition) is 4. The normalized spacial score (nSPS) is 27.5. The minimum absolute atomic E-state index is 0.0935. The molecule has 5 nitrogen and oxygen atoms in total. The van der Waals surface area contributed by atoms with E-state index < -0.39 is 5.97 Å². The van der Waals surface area contributed by atoms with Crippen LogP contribution in [0.15, 0.2) is 18.3 Å². The SMILES string of the molecule is N[C@H]1CN(c2ccnc(C(=O)O)c2)C[C@@H]1C1CC1. The molecule has 0 aromatic carbocycles. The molecule has 0 radical (unpaired) electrons. The molecule has 2 fully saturated rings. The number of pyridine rings is 1. The lowest BCUT2D eigenvalue weighted by molar-refractivity contribution is 0.0690. The van der Waals surface area contributed by atoms with Gasteiger partial charge in [0.25, 0.3) is 0 Å². The van der Waals surface area contributed by atoms with Crippen LogP contribution in [0.3, 0.4) is 0 Å². The van der Waals surface area contributed by atoms with Crippen molar-refractivity contribution in [3.63, 3.8) is 0 Å². The van der Waals surface area contributed by atoms with E-state index in [9.17, 15) is 4.79 Å². The number of carboxylic acids is 1. The van der Waals surface area contributed by atoms with E-state index in [1.54, 1.807) is 12.3 Å². The molecule has 0 spiro atoms. The molecule has 3 rings (SSSR count). The summed E-state index contributed by atoms with van der Waals surface area (Å²) >= 11 is 0. The molecule has 1 saturated carbocycles. The smallest absolute Gasteiger partial charge is 0.354 e. The first-order valence-electron chi connectivity index (χ1n) is 6.35. The van der Waals surface area contributed by atoms with Crippen molar-refractivity contribution in [3.05, 3.63) is 24.0 Å². The molecule has 1 aliphatic heterocycles. The zero-order chi connectivity index (χ0) is 12.7. The van der Waals surface area contributed by atoms with Gasteiger partial charge in [-0.15, -0.1) is 0 Å². The maximum atomic E-state index is 10.9. The van der Waals surface area contributed by atoms with Crippen LogP contribution in [-0.2, 0) is 0 Å². The molecule has 0 unspecified atom stereocenters. The minimum atomic E-state index is -0.987. The number of aromatic nitrogens is 1. The highest BCUT2D eigenvalue weighted by atomic mass is 16.4. The summed E-state index contributed by atoms with van der Waals surface area (Å²) < 4.78 is 0. The third-order valence-corrected chi connectivity index (χ3v) is 3.97. The predicted molar refractivity (Wildman–Crippen MR) is 67.6 cm³/mol. The largest absolute Gasteiger partial charge is 0.477 e. The van der Waals surface area contributed by atoms with Crippen LogP contribution in [0.5, 0.6) is 0 Å². The lowest BCUT2D eigenvalue weighted by Gasteiger charge is -2.18. The van der Waals surface area contributed by atoms with Crippen molar-refractivity contribution >= 4 is 11.7 Å². The van der Waals surface area contributed by atoms with Crippen LogP contribution < -0.4 is 10.6 Å². The van der Waals surface area contributed by atoms with Crippen LogP contribution in [-0.4, -0.2) is 35.2 Å². The molecule has 2 heterocycles. The number of anilines is 1. The van der Waals surface area contributed by atoms with Crippen molar-refractivity contribution in [2.24, 2.45) is 17.6 Å². The van der Waals surface area contributed by atoms with Gasteiger partial charge >= 0.3 is 5.97 Å². The predicted octanol–water partition coefficient (Wildman–Crippen LogP) is 0.953. The summed E-state index contributed by atoms with van der Waals surface area (Å²) in [5, 5.41) is 8.95. The highest BCUT2D eigenvalue weighted by Crippen LogP contribution is 2.41. The molecule has 18 heavy (non-hydrogen) atoms. The molecule has 0 amide bonds. The number of nitrogens with two attached hydrogens (primary N) is 1. The van der Waals surface area contributed by atoms with E-state index in [1.165, 1.54) is 12.8 Å². The number of rotatable bonds is 3. The molecule has 5 heteroatoms. The van der Waals surface area contributed by atoms with Gasteiger partial charge < -0.3 is 15.7 Å². The van der Waals surface area contributed by atoms with Crippen molar-refractivity contribution in [1.82, 2.24) is 4.98 Å². The second kappa shape index (κ2) is 4.24. The Bertz CT molecular complexity index is 473. The minimum Gasteiger partial charge on any atom is -0.477 e. The number of aromatic carboxylic acids is 1. The first-order valence-corrected chi connectivity index (χ1v) is 6.35. The molecule has 1 saturated heterocycles. The van der Waals surface area contributed by atoms with E-state index in [4.69, 9.17) is 10.8 Å². The van der Waals surface area contributed by atoms with Crippen molar-refractivity contribution < 1.29 is 9.90 Å². The monoisotopic (exact) mass is 247 g/mol. The van der Waals surface area contributed by atoms with Gasteiger partial charge in [0, 0.05) is 31.0 Å². The van der Waals surface area contributed by atoms with Gasteiger partial charge in [-0.3, -0.25) is 0 Å². The van der Waals surface area contributed by atoms with Crippen LogP contribution in [0.4, 0.5) is 5.69 Å². The maximum Gasteiger partial charge on any atom is 0.354 e. The molecule has 0 bridgehead atoms. The van der Waals surface area contributed by atoms with Gasteiger partial charge in [0.15, 0.2) is 0 Å². The molecule has 2 atom stereocenters. The standard InChI is InChI=1S/C13H17N3O2/c14-11-7-16(6-10(11)8-1-2-8)9-3-4-15-12(5-9)13(17)18/h3-5,8,10-11H,1-2,6-7,14H2,(H,17,18)/t10-,11+/m1/s1. The quantitative estimate of drug-likeness (QED) is 0.831. The van der Waals surface area contributed by atoms with E-state index in [0.29, 0.717) is 5.92 Å². The Hall–Kier alpha value is -1.62. The van der Waals surface area contributed by atoms with Crippen LogP contribution in [0.2, 0.25) is 0 Å². The highest BCUT2D eigenvalue weighted by molar-refractivity contribution is 5.86. The lowest BCUT2D eigenvalue weighted by atomic mass is 9.99. The van der Waals surface area contributed by atoms with Gasteiger partial charge in [0.2, 0.25) is 0 Å². The Balaban J connectivity index is 1.79. The second-order valence-electron chi connectivity index (χ2n) is 5.27. The highest BCUT2D eigenvalue weighted by Gasteiger charge is 2.40. The maximum absolute atomic E-state index is 10.9. The van der Waals surface area contributed by atoms with Crippen molar-refractivity contribution in [2.75, 3.05) is 18.0 Å². The first kappa shape index (κ1) is 11.5. The summed E-state index contributed by atoms with van der Waals surface area (Å²) in [6.07, 6.45) is 4.14. The summed E-state index contributed by atoms with van der Waals surface area (Å²) in [6.45, 7) is 1.75. The molecular weight excluding hydrogens is 230 g/mol. The summed E-state index contributed by atoms with van der Waals surface area (Å²) in [7, 11) is 0. The molecule has 96 valence electrons. The van der Waals surface area contributed by atoms with Gasteiger partial charge in [-0.1, -0.05) is 0 Å². The van der Waals surface area contributed by atoms with Crippen LogP contribution in [0.1, 0.15) is 23.3 Å². The Labute approximate surface area is 106 Å². The third kappa shape index (κ3) is 2.06. The zero-order valence-corrected chi connectivity index (χ0v) is 10.1. The van der Waals surface area contributed by atoms with E-state index in [-0.39, 0.29) is 11.7 Å². The van der Waals surface area contributed by atoms with Crippen molar-refractivity contribution in [1.29, 1.82) is 0 Å². The van der Waals surface area contributed by atoms with Crippen LogP contribution in [0.25, 0.3) is 0 Å². The second-order valence-corrected chi connectivity index (χ2v) is 5.27. The van der Waals surface area contributed by atoms with Crippen molar-refractivity contribution in [3.8, 4) is 0 Å². The molecule has 3 N–H and O–H groups in total. The Kier molecular flexibility index (Phi) is 2.70. The molecule has 2 aliphatic rings. The third-order valence-electron chi connectivity index (χ3n) is 3.97. The number of carbonyl (C=O) groups is 1. The molecule has 1 aromatic rings. The van der Waals surface area contributed by atoms with Gasteiger partial charge in [-0.2, -0.15) is 0 Å².